The van der Waals surface area contributed by atoms with E-state index in [1.54, 1.807) is 0 Å². The van der Waals surface area contributed by atoms with Crippen LogP contribution < -0.4 is 5.32 Å². The van der Waals surface area contributed by atoms with Crippen molar-refractivity contribution in [1.29, 1.82) is 5.26 Å². The van der Waals surface area contributed by atoms with Gasteiger partial charge < -0.3 is 4.90 Å². The molecule has 1 N–H and O–H groups in total. The van der Waals surface area contributed by atoms with Gasteiger partial charge in [0.2, 0.25) is 0 Å². The maximum Gasteiger partial charge on any atom is 0.145 e. The Morgan fingerprint density at radius 1 is 1.25 bits per heavy atom. The fourth-order valence-electron chi connectivity index (χ4n) is 2.98. The molecule has 0 saturated heterocycles. The van der Waals surface area contributed by atoms with Gasteiger partial charge in [-0.05, 0) is 38.3 Å². The molecule has 0 aromatic heterocycles. The molecule has 0 spiro atoms. The van der Waals surface area contributed by atoms with E-state index in [-0.39, 0.29) is 0 Å². The molecule has 20 heavy (non-hydrogen) atoms. The monoisotopic (exact) mass is 269 g/mol. The van der Waals surface area contributed by atoms with E-state index in [2.05, 4.69) is 35.5 Å². The van der Waals surface area contributed by atoms with Crippen molar-refractivity contribution in [3.8, 4) is 6.07 Å². The minimum atomic E-state index is -0.563. The normalized spacial score (nSPS) is 22.1. The minimum Gasteiger partial charge on any atom is -0.300 e. The molecule has 0 aliphatic heterocycles. The number of hydrogen-bond donors (Lipinski definition) is 1. The van der Waals surface area contributed by atoms with Crippen molar-refractivity contribution in [3.63, 3.8) is 0 Å². The molecule has 1 atom stereocenters. The summed E-state index contributed by atoms with van der Waals surface area (Å²) in [7, 11) is 2.16. The van der Waals surface area contributed by atoms with Crippen LogP contribution >= 0.6 is 0 Å². The number of nitrogens with one attached hydrogen (secondary N) is 1. The Hall–Kier alpha value is -1.37. The summed E-state index contributed by atoms with van der Waals surface area (Å²) in [5.74, 6) is 0. The predicted molar refractivity (Wildman–Crippen MR) is 80.2 cm³/mol. The molecule has 0 amide bonds. The highest BCUT2D eigenvalue weighted by atomic mass is 15.2. The molecular weight excluding hydrogens is 246 g/mol. The second-order valence-corrected chi connectivity index (χ2v) is 6.30. The first-order chi connectivity index (χ1) is 9.73. The summed E-state index contributed by atoms with van der Waals surface area (Å²) in [6.45, 7) is 0.773. The zero-order valence-electron chi connectivity index (χ0n) is 12.2. The van der Waals surface area contributed by atoms with Crippen LogP contribution in [0.3, 0.4) is 0 Å². The zero-order valence-corrected chi connectivity index (χ0v) is 12.2. The Kier molecular flexibility index (Phi) is 3.78. The Balaban J connectivity index is 1.83. The number of rotatable bonds is 6. The van der Waals surface area contributed by atoms with Crippen molar-refractivity contribution in [2.45, 2.75) is 49.7 Å². The van der Waals surface area contributed by atoms with Crippen LogP contribution in [-0.4, -0.2) is 30.6 Å². The van der Waals surface area contributed by atoms with Crippen LogP contribution in [0.15, 0.2) is 30.3 Å². The molecule has 0 bridgehead atoms. The van der Waals surface area contributed by atoms with Crippen molar-refractivity contribution < 1.29 is 0 Å². The lowest BCUT2D eigenvalue weighted by Crippen LogP contribution is -2.53. The van der Waals surface area contributed by atoms with Crippen LogP contribution in [-0.2, 0) is 5.54 Å². The Labute approximate surface area is 121 Å². The average Bonchev–Trinajstić information content (AvgIpc) is 3.20. The maximum atomic E-state index is 9.89. The molecule has 106 valence electrons. The summed E-state index contributed by atoms with van der Waals surface area (Å²) in [6, 6.07) is 14.0. The highest BCUT2D eigenvalue weighted by Crippen LogP contribution is 2.31. The number of likely N-dealkylation sites (N-methyl/N-ethyl adjacent to an activating group) is 1. The van der Waals surface area contributed by atoms with E-state index in [1.165, 1.54) is 32.1 Å². The van der Waals surface area contributed by atoms with Gasteiger partial charge in [0.05, 0.1) is 6.07 Å². The third-order valence-corrected chi connectivity index (χ3v) is 4.67. The van der Waals surface area contributed by atoms with Gasteiger partial charge >= 0.3 is 0 Å². The van der Waals surface area contributed by atoms with Crippen LogP contribution in [0.4, 0.5) is 0 Å². The van der Waals surface area contributed by atoms with Crippen molar-refractivity contribution in [1.82, 2.24) is 10.2 Å². The molecule has 1 aromatic carbocycles. The van der Waals surface area contributed by atoms with Crippen LogP contribution in [0.25, 0.3) is 0 Å². The highest BCUT2D eigenvalue weighted by molar-refractivity contribution is 5.33. The van der Waals surface area contributed by atoms with Crippen molar-refractivity contribution in [3.05, 3.63) is 35.9 Å². The molecule has 2 saturated carbocycles. The Morgan fingerprint density at radius 3 is 2.45 bits per heavy atom. The first kappa shape index (κ1) is 13.6. The van der Waals surface area contributed by atoms with E-state index in [0.717, 1.165) is 12.1 Å². The molecule has 1 aromatic rings. The van der Waals surface area contributed by atoms with Gasteiger partial charge in [-0.2, -0.15) is 5.26 Å². The molecule has 3 rings (SSSR count). The molecule has 3 heteroatoms. The topological polar surface area (TPSA) is 39.1 Å². The van der Waals surface area contributed by atoms with Crippen LogP contribution in [0.5, 0.6) is 0 Å². The van der Waals surface area contributed by atoms with Gasteiger partial charge in [-0.1, -0.05) is 36.8 Å². The summed E-state index contributed by atoms with van der Waals surface area (Å²) in [5.41, 5.74) is 0.535. The SMILES string of the molecule is CN(CC(C#N)(NC1CC1)c1ccccc1)C1CCC1. The highest BCUT2D eigenvalue weighted by Gasteiger charge is 2.40. The smallest absolute Gasteiger partial charge is 0.145 e. The third-order valence-electron chi connectivity index (χ3n) is 4.67. The van der Waals surface area contributed by atoms with E-state index in [1.807, 2.05) is 18.2 Å². The lowest BCUT2D eigenvalue weighted by atomic mass is 9.87. The van der Waals surface area contributed by atoms with Crippen LogP contribution in [0.1, 0.15) is 37.7 Å². The predicted octanol–water partition coefficient (Wildman–Crippen LogP) is 2.64. The summed E-state index contributed by atoms with van der Waals surface area (Å²) >= 11 is 0. The van der Waals surface area contributed by atoms with E-state index >= 15 is 0 Å². The maximum absolute atomic E-state index is 9.89. The molecule has 2 fully saturated rings. The van der Waals surface area contributed by atoms with Crippen molar-refractivity contribution in [2.75, 3.05) is 13.6 Å². The van der Waals surface area contributed by atoms with Gasteiger partial charge in [-0.3, -0.25) is 5.32 Å². The number of hydrogen-bond acceptors (Lipinski definition) is 3. The number of nitrogens with zero attached hydrogens (tertiary/aromatic N) is 2. The van der Waals surface area contributed by atoms with Gasteiger partial charge in [0.25, 0.3) is 0 Å². The number of nitriles is 1. The molecule has 2 aliphatic carbocycles. The fraction of sp³-hybridized carbons (Fsp3) is 0.588. The van der Waals surface area contributed by atoms with Gasteiger partial charge in [0.1, 0.15) is 5.54 Å². The molecule has 3 nitrogen and oxygen atoms in total. The zero-order chi connectivity index (χ0) is 14.0. The summed E-state index contributed by atoms with van der Waals surface area (Å²) in [5, 5.41) is 13.5. The standard InChI is InChI=1S/C17H23N3/c1-20(16-8-5-9-16)13-17(12-18,19-15-10-11-15)14-6-3-2-4-7-14/h2-4,6-7,15-16,19H,5,8-11,13H2,1H3. The van der Waals surface area contributed by atoms with E-state index in [9.17, 15) is 5.26 Å². The molecule has 2 aliphatic rings. The lowest BCUT2D eigenvalue weighted by molar-refractivity contribution is 0.128. The van der Waals surface area contributed by atoms with Gasteiger partial charge in [-0.25, -0.2) is 0 Å². The average molecular weight is 269 g/mol. The molecule has 0 radical (unpaired) electrons. The molecular formula is C17H23N3. The minimum absolute atomic E-state index is 0.518. The second kappa shape index (κ2) is 5.55. The summed E-state index contributed by atoms with van der Waals surface area (Å²) < 4.78 is 0. The summed E-state index contributed by atoms with van der Waals surface area (Å²) in [4.78, 5) is 2.37. The first-order valence-corrected chi connectivity index (χ1v) is 7.68. The molecule has 0 heterocycles. The van der Waals surface area contributed by atoms with E-state index in [0.29, 0.717) is 12.1 Å². The van der Waals surface area contributed by atoms with E-state index in [4.69, 9.17) is 0 Å². The second-order valence-electron chi connectivity index (χ2n) is 6.30. The largest absolute Gasteiger partial charge is 0.300 e. The fourth-order valence-corrected chi connectivity index (χ4v) is 2.98. The van der Waals surface area contributed by atoms with E-state index < -0.39 is 5.54 Å². The molecule has 1 unspecified atom stereocenters. The van der Waals surface area contributed by atoms with Gasteiger partial charge in [0, 0.05) is 18.6 Å². The Morgan fingerprint density at radius 2 is 1.95 bits per heavy atom. The van der Waals surface area contributed by atoms with Gasteiger partial charge in [-0.15, -0.1) is 0 Å². The van der Waals surface area contributed by atoms with Gasteiger partial charge in [0.15, 0.2) is 0 Å². The lowest BCUT2D eigenvalue weighted by Gasteiger charge is -2.40. The van der Waals surface area contributed by atoms with Crippen molar-refractivity contribution in [2.24, 2.45) is 0 Å². The first-order valence-electron chi connectivity index (χ1n) is 7.68. The summed E-state index contributed by atoms with van der Waals surface area (Å²) in [6.07, 6.45) is 6.27. The van der Waals surface area contributed by atoms with Crippen LogP contribution in [0, 0.1) is 11.3 Å². The Bertz CT molecular complexity index is 485. The quantitative estimate of drug-likeness (QED) is 0.863. The number of benzene rings is 1. The van der Waals surface area contributed by atoms with Crippen LogP contribution in [0.2, 0.25) is 0 Å². The van der Waals surface area contributed by atoms with Crippen molar-refractivity contribution >= 4 is 0 Å². The third kappa shape index (κ3) is 2.72.